The van der Waals surface area contributed by atoms with Gasteiger partial charge >= 0.3 is 5.97 Å². The molecule has 9 aliphatic rings. The van der Waals surface area contributed by atoms with Crippen LogP contribution in [0.2, 0.25) is 0 Å². The second kappa shape index (κ2) is 21.8. The van der Waals surface area contributed by atoms with Crippen molar-refractivity contribution in [2.24, 2.45) is 50.2 Å². The summed E-state index contributed by atoms with van der Waals surface area (Å²) in [4.78, 5) is 13.1. The maximum absolute atomic E-state index is 13.1. The van der Waals surface area contributed by atoms with Gasteiger partial charge in [0.15, 0.2) is 31.3 Å². The van der Waals surface area contributed by atoms with E-state index in [4.69, 9.17) is 37.9 Å². The first kappa shape index (κ1) is 60.9. The van der Waals surface area contributed by atoms with Crippen LogP contribution < -0.4 is 0 Å². The molecular formula is C54H88O24. The average Bonchev–Trinajstić information content (AvgIpc) is 2.22. The number of aliphatic carboxylic acids is 1. The molecule has 5 aliphatic carbocycles. The Hall–Kier alpha value is -1.67. The quantitative estimate of drug-likeness (QED) is 0.0709. The number of hydrogen-bond acceptors (Lipinski definition) is 23. The molecule has 78 heavy (non-hydrogen) atoms. The molecule has 0 spiro atoms. The van der Waals surface area contributed by atoms with Gasteiger partial charge in [0.1, 0.15) is 85.5 Å². The smallest absolute Gasteiger partial charge is 0.335 e. The van der Waals surface area contributed by atoms with Crippen LogP contribution in [-0.2, 0) is 42.7 Å². The highest BCUT2D eigenvalue weighted by Crippen LogP contribution is 2.76. The van der Waals surface area contributed by atoms with Crippen molar-refractivity contribution in [3.05, 3.63) is 11.6 Å². The van der Waals surface area contributed by atoms with Gasteiger partial charge in [-0.2, -0.15) is 0 Å². The lowest BCUT2D eigenvalue weighted by Gasteiger charge is -2.72. The maximum Gasteiger partial charge on any atom is 0.335 e. The fraction of sp³-hybridized carbons (Fsp3) is 0.944. The van der Waals surface area contributed by atoms with Crippen LogP contribution in [0.25, 0.3) is 0 Å². The zero-order valence-electron chi connectivity index (χ0n) is 45.7. The Kier molecular flexibility index (Phi) is 17.0. The molecule has 0 aromatic rings. The van der Waals surface area contributed by atoms with Gasteiger partial charge in [-0.25, -0.2) is 4.79 Å². The zero-order valence-corrected chi connectivity index (χ0v) is 45.7. The molecular weight excluding hydrogens is 1030 g/mol. The van der Waals surface area contributed by atoms with E-state index in [0.29, 0.717) is 44.9 Å². The maximum atomic E-state index is 13.1. The van der Waals surface area contributed by atoms with Crippen LogP contribution >= 0.6 is 0 Å². The molecule has 9 rings (SSSR count). The van der Waals surface area contributed by atoms with E-state index < -0.39 is 177 Å². The van der Waals surface area contributed by atoms with Crippen LogP contribution in [0.3, 0.4) is 0 Å². The Morgan fingerprint density at radius 2 is 1.13 bits per heavy atom. The van der Waals surface area contributed by atoms with E-state index in [1.165, 1.54) is 12.5 Å². The molecule has 4 saturated heterocycles. The highest BCUT2D eigenvalue weighted by molar-refractivity contribution is 5.73. The molecule has 4 aliphatic heterocycles. The lowest BCUT2D eigenvalue weighted by atomic mass is 9.33. The summed E-state index contributed by atoms with van der Waals surface area (Å²) >= 11 is 0. The van der Waals surface area contributed by atoms with Crippen LogP contribution in [0.5, 0.6) is 0 Å². The highest BCUT2D eigenvalue weighted by Gasteiger charge is 2.72. The van der Waals surface area contributed by atoms with Gasteiger partial charge in [0.25, 0.3) is 0 Å². The largest absolute Gasteiger partial charge is 0.479 e. The predicted molar refractivity (Wildman–Crippen MR) is 265 cm³/mol. The SMILES string of the molecule is C[C@@H]1O[C@@H](O[C@H]2[C@H](O[C@H]3[C@H](O)[C@@H](C(=O)O)O[C@@H](O[C@H]4CC[C@@]5(C)[C@H](CC[C@]6(C)[C@@H]5CC=C5[C@H]7CC(C)(C)C[C@H](O)[C@]7(CO)[C@H](O)C[C@]56C)C4(C)C)[C@@H]3O[C@@H]3O[C@H](CO)[C@@H](O)[C@H](O)[C@H]3O)O[C@H](CO)[C@H](O)[C@@H]2O)[C@H](O)[C@H](O)[C@H]1O. The predicted octanol–water partition coefficient (Wildman–Crippen LogP) is -2.50. The topological polar surface area (TPSA) is 394 Å². The van der Waals surface area contributed by atoms with Gasteiger partial charge in [0, 0.05) is 0 Å². The first-order valence-electron chi connectivity index (χ1n) is 27.9. The number of carboxylic acid groups (broad SMARTS) is 1. The molecule has 0 radical (unpaired) electrons. The van der Waals surface area contributed by atoms with Gasteiger partial charge in [-0.1, -0.05) is 60.1 Å². The summed E-state index contributed by atoms with van der Waals surface area (Å²) in [6.45, 7) is 14.4. The van der Waals surface area contributed by atoms with E-state index in [-0.39, 0.29) is 40.6 Å². The first-order valence-corrected chi connectivity index (χ1v) is 27.9. The third-order valence-corrected chi connectivity index (χ3v) is 21.5. The number of carboxylic acids is 1. The molecule has 4 heterocycles. The summed E-state index contributed by atoms with van der Waals surface area (Å²) in [6.07, 6.45) is -33.1. The van der Waals surface area contributed by atoms with E-state index in [1.54, 1.807) is 0 Å². The van der Waals surface area contributed by atoms with Crippen LogP contribution in [0.1, 0.15) is 107 Å². The number of aliphatic hydroxyl groups excluding tert-OH is 14. The van der Waals surface area contributed by atoms with Gasteiger partial charge in [0.05, 0.1) is 49.7 Å². The minimum absolute atomic E-state index is 0.0567. The zero-order chi connectivity index (χ0) is 57.3. The molecule has 24 nitrogen and oxygen atoms in total. The highest BCUT2D eigenvalue weighted by atomic mass is 16.8. The molecule has 4 saturated carbocycles. The van der Waals surface area contributed by atoms with Crippen molar-refractivity contribution in [3.8, 4) is 0 Å². The number of aliphatic hydroxyl groups is 14. The van der Waals surface area contributed by atoms with E-state index in [1.807, 2.05) is 13.8 Å². The lowest BCUT2D eigenvalue weighted by Crippen LogP contribution is -2.70. The Morgan fingerprint density at radius 1 is 0.577 bits per heavy atom. The second-order valence-corrected chi connectivity index (χ2v) is 26.6. The lowest BCUT2D eigenvalue weighted by molar-refractivity contribution is -0.406. The summed E-state index contributed by atoms with van der Waals surface area (Å²) in [6, 6.07) is 0. The monoisotopic (exact) mass is 1120 g/mol. The fourth-order valence-electron chi connectivity index (χ4n) is 16.8. The van der Waals surface area contributed by atoms with Crippen LogP contribution in [-0.4, -0.2) is 244 Å². The standard InChI is InChI=1S/C54H88O24/c1-21-31(60)34(63)37(66)45(71-21)77-42-36(65)33(62)25(19-56)73-47(42)75-40-39(68)41(44(69)70)76-48(43(40)78-46-38(67)35(64)32(61)24(18-55)72-46)74-30-12-13-51(6)26(50(30,4)5)11-14-52(7)27(51)10-9-22-23-15-49(2,3)16-28(58)54(23,20-57)29(59)17-53(22,52)8/h9,21,23-43,45-48,55-68H,10-20H2,1-8H3,(H,69,70)/t21-,23+,24+,25+,26+,27+,28-,29+,30-,31-,32+,33-,34+,35-,36-,37+,38+,39-,40-,41-,42+,43+,45-,46-,47-,48+,51-,52+,53+,54+/m0/s1. The Balaban J connectivity index is 1.05. The fourth-order valence-corrected chi connectivity index (χ4v) is 16.8. The number of fused-ring (bicyclic) bond motifs is 7. The van der Waals surface area contributed by atoms with E-state index >= 15 is 0 Å². The van der Waals surface area contributed by atoms with Gasteiger partial charge in [-0.15, -0.1) is 0 Å². The van der Waals surface area contributed by atoms with E-state index in [2.05, 4.69) is 40.7 Å². The second-order valence-electron chi connectivity index (χ2n) is 26.6. The van der Waals surface area contributed by atoms with Gasteiger partial charge in [-0.05, 0) is 103 Å². The molecule has 24 heteroatoms. The van der Waals surface area contributed by atoms with Crippen molar-refractivity contribution in [3.63, 3.8) is 0 Å². The Labute approximate surface area is 453 Å². The summed E-state index contributed by atoms with van der Waals surface area (Å²) in [5, 5.41) is 165. The van der Waals surface area contributed by atoms with Crippen molar-refractivity contribution >= 4 is 5.97 Å². The molecule has 0 amide bonds. The summed E-state index contributed by atoms with van der Waals surface area (Å²) in [7, 11) is 0. The van der Waals surface area contributed by atoms with Gasteiger partial charge in [-0.3, -0.25) is 0 Å². The van der Waals surface area contributed by atoms with Crippen LogP contribution in [0.4, 0.5) is 0 Å². The van der Waals surface area contributed by atoms with Crippen molar-refractivity contribution in [1.29, 1.82) is 0 Å². The Morgan fingerprint density at radius 3 is 1.74 bits per heavy atom. The average molecular weight is 1120 g/mol. The van der Waals surface area contributed by atoms with Crippen molar-refractivity contribution in [2.45, 2.75) is 248 Å². The first-order chi connectivity index (χ1) is 36.4. The molecule has 0 aromatic heterocycles. The number of rotatable bonds is 12. The van der Waals surface area contributed by atoms with Crippen molar-refractivity contribution < 1.29 is 119 Å². The molecule has 0 bridgehead atoms. The normalized spacial score (nSPS) is 54.9. The minimum Gasteiger partial charge on any atom is -0.479 e. The Bertz CT molecular complexity index is 2170. The molecule has 0 unspecified atom stereocenters. The third-order valence-electron chi connectivity index (χ3n) is 21.5. The van der Waals surface area contributed by atoms with Crippen molar-refractivity contribution in [1.82, 2.24) is 0 Å². The number of ether oxygens (including phenoxy) is 8. The summed E-state index contributed by atoms with van der Waals surface area (Å²) in [5.41, 5.74) is -2.05. The molecule has 15 N–H and O–H groups in total. The van der Waals surface area contributed by atoms with Crippen LogP contribution in [0.15, 0.2) is 11.6 Å². The summed E-state index contributed by atoms with van der Waals surface area (Å²) < 4.78 is 49.0. The number of hydrogen-bond donors (Lipinski definition) is 15. The summed E-state index contributed by atoms with van der Waals surface area (Å²) in [5.74, 6) is -1.91. The van der Waals surface area contributed by atoms with E-state index in [0.717, 1.165) is 6.42 Å². The van der Waals surface area contributed by atoms with E-state index in [9.17, 15) is 81.4 Å². The third kappa shape index (κ3) is 9.57. The number of allylic oxidation sites excluding steroid dienone is 2. The van der Waals surface area contributed by atoms with Gasteiger partial charge in [0.2, 0.25) is 0 Å². The van der Waals surface area contributed by atoms with Crippen molar-refractivity contribution in [2.75, 3.05) is 19.8 Å². The molecule has 448 valence electrons. The number of carbonyl (C=O) groups is 1. The molecule has 8 fully saturated rings. The molecule has 0 aromatic carbocycles. The molecule has 30 atom stereocenters. The minimum atomic E-state index is -2.25. The van der Waals surface area contributed by atoms with Crippen LogP contribution in [0, 0.1) is 50.2 Å². The van der Waals surface area contributed by atoms with Gasteiger partial charge < -0.3 is 114 Å².